The molecule has 2 aliphatic rings. The van der Waals surface area contributed by atoms with Crippen molar-refractivity contribution in [3.05, 3.63) is 24.4 Å². The lowest BCUT2D eigenvalue weighted by molar-refractivity contribution is 0.122. The van der Waals surface area contributed by atoms with Crippen LogP contribution in [0.25, 0.3) is 11.0 Å². The molecule has 2 aromatic rings. The van der Waals surface area contributed by atoms with Crippen molar-refractivity contribution in [2.24, 2.45) is 0 Å². The van der Waals surface area contributed by atoms with Gasteiger partial charge in [-0.15, -0.1) is 0 Å². The molecule has 8 nitrogen and oxygen atoms in total. The molecule has 1 saturated carbocycles. The number of ether oxygens (including phenoxy) is 2. The second-order valence-electron chi connectivity index (χ2n) is 7.59. The predicted molar refractivity (Wildman–Crippen MR) is 112 cm³/mol. The Hall–Kier alpha value is -2.61. The molecular formula is C21H29N5O3. The molecule has 29 heavy (non-hydrogen) atoms. The fraction of sp³-hybridized carbons (Fsp3) is 0.571. The maximum Gasteiger partial charge on any atom is 0.407 e. The van der Waals surface area contributed by atoms with Crippen LogP contribution in [0.2, 0.25) is 0 Å². The molecule has 1 amide bonds. The summed E-state index contributed by atoms with van der Waals surface area (Å²) in [6.45, 7) is 5.55. The van der Waals surface area contributed by atoms with E-state index < -0.39 is 0 Å². The fourth-order valence-corrected chi connectivity index (χ4v) is 4.02. The van der Waals surface area contributed by atoms with Gasteiger partial charge in [-0.1, -0.05) is 0 Å². The number of carbonyl (C=O) groups is 1. The van der Waals surface area contributed by atoms with Gasteiger partial charge in [-0.25, -0.2) is 9.78 Å². The minimum atomic E-state index is -0.319. The molecule has 156 valence electrons. The number of fused-ring (bicyclic) bond motifs is 1. The molecule has 0 bridgehead atoms. The number of amides is 1. The Morgan fingerprint density at radius 1 is 1.17 bits per heavy atom. The summed E-state index contributed by atoms with van der Waals surface area (Å²) in [4.78, 5) is 23.3. The highest BCUT2D eigenvalue weighted by atomic mass is 16.5. The van der Waals surface area contributed by atoms with Crippen LogP contribution in [0.1, 0.15) is 32.6 Å². The Morgan fingerprint density at radius 2 is 1.93 bits per heavy atom. The van der Waals surface area contributed by atoms with E-state index in [0.29, 0.717) is 12.6 Å². The van der Waals surface area contributed by atoms with Crippen LogP contribution in [0.15, 0.2) is 24.4 Å². The van der Waals surface area contributed by atoms with Gasteiger partial charge < -0.3 is 25.0 Å². The Bertz CT molecular complexity index is 832. The number of hydrogen-bond acceptors (Lipinski definition) is 7. The Balaban J connectivity index is 1.36. The van der Waals surface area contributed by atoms with E-state index in [9.17, 15) is 4.79 Å². The highest BCUT2D eigenvalue weighted by Crippen LogP contribution is 2.24. The summed E-state index contributed by atoms with van der Waals surface area (Å²) in [6, 6.07) is 6.77. The monoisotopic (exact) mass is 399 g/mol. The highest BCUT2D eigenvalue weighted by molar-refractivity contribution is 5.80. The van der Waals surface area contributed by atoms with Gasteiger partial charge in [0.1, 0.15) is 5.82 Å². The van der Waals surface area contributed by atoms with Crippen LogP contribution in [0.3, 0.4) is 0 Å². The molecule has 0 spiro atoms. The Morgan fingerprint density at radius 3 is 2.69 bits per heavy atom. The first-order valence-electron chi connectivity index (χ1n) is 10.5. The summed E-state index contributed by atoms with van der Waals surface area (Å²) < 4.78 is 10.4. The molecule has 1 aliphatic carbocycles. The Kier molecular flexibility index (Phi) is 6.29. The molecule has 2 heterocycles. The van der Waals surface area contributed by atoms with Crippen LogP contribution >= 0.6 is 0 Å². The van der Waals surface area contributed by atoms with Crippen LogP contribution in [0.4, 0.5) is 16.3 Å². The number of hydrogen-bond donors (Lipinski definition) is 2. The summed E-state index contributed by atoms with van der Waals surface area (Å²) in [7, 11) is 0. The molecule has 1 aromatic carbocycles. The molecule has 2 fully saturated rings. The van der Waals surface area contributed by atoms with E-state index in [1.165, 1.54) is 0 Å². The smallest absolute Gasteiger partial charge is 0.407 e. The third-order valence-corrected chi connectivity index (χ3v) is 5.58. The number of alkyl carbamates (subject to hydrolysis) is 1. The van der Waals surface area contributed by atoms with E-state index >= 15 is 0 Å². The standard InChI is InChI=1S/C21H29N5O3/c1-2-29-21(27)24-16-5-3-15(4-6-16)23-20-14-22-18-8-7-17(13-19(18)25-20)26-9-11-28-12-10-26/h7-8,13-16H,2-6,9-12H2,1H3,(H,23,25)(H,24,27). The molecule has 0 atom stereocenters. The summed E-state index contributed by atoms with van der Waals surface area (Å²) >= 11 is 0. The van der Waals surface area contributed by atoms with Gasteiger partial charge in [0.05, 0.1) is 37.1 Å². The Labute approximate surface area is 171 Å². The molecule has 1 aliphatic heterocycles. The normalized spacial score (nSPS) is 22.3. The second-order valence-corrected chi connectivity index (χ2v) is 7.59. The minimum absolute atomic E-state index is 0.186. The molecule has 0 unspecified atom stereocenters. The first kappa shape index (κ1) is 19.7. The van der Waals surface area contributed by atoms with Crippen LogP contribution in [0, 0.1) is 0 Å². The molecule has 4 rings (SSSR count). The molecule has 2 N–H and O–H groups in total. The third-order valence-electron chi connectivity index (χ3n) is 5.58. The lowest BCUT2D eigenvalue weighted by Gasteiger charge is -2.30. The van der Waals surface area contributed by atoms with Crippen molar-refractivity contribution in [3.8, 4) is 0 Å². The lowest BCUT2D eigenvalue weighted by atomic mass is 9.91. The van der Waals surface area contributed by atoms with Crippen molar-refractivity contribution >= 4 is 28.6 Å². The van der Waals surface area contributed by atoms with Gasteiger partial charge in [-0.3, -0.25) is 4.98 Å². The van der Waals surface area contributed by atoms with Gasteiger partial charge in [0.2, 0.25) is 0 Å². The molecule has 1 saturated heterocycles. The van der Waals surface area contributed by atoms with E-state index in [1.54, 1.807) is 6.20 Å². The maximum absolute atomic E-state index is 11.6. The molecular weight excluding hydrogens is 370 g/mol. The minimum Gasteiger partial charge on any atom is -0.450 e. The van der Waals surface area contributed by atoms with Gasteiger partial charge in [-0.2, -0.15) is 0 Å². The van der Waals surface area contributed by atoms with Gasteiger partial charge in [-0.05, 0) is 50.8 Å². The number of aromatic nitrogens is 2. The van der Waals surface area contributed by atoms with Gasteiger partial charge in [0.15, 0.2) is 0 Å². The van der Waals surface area contributed by atoms with E-state index in [-0.39, 0.29) is 12.1 Å². The second kappa shape index (κ2) is 9.26. The van der Waals surface area contributed by atoms with E-state index in [2.05, 4.69) is 32.7 Å². The molecule has 1 aromatic heterocycles. The number of nitrogens with zero attached hydrogens (tertiary/aromatic N) is 3. The van der Waals surface area contributed by atoms with E-state index in [4.69, 9.17) is 14.5 Å². The first-order valence-corrected chi connectivity index (χ1v) is 10.5. The number of nitrogens with one attached hydrogen (secondary N) is 2. The van der Waals surface area contributed by atoms with Gasteiger partial charge >= 0.3 is 6.09 Å². The number of anilines is 2. The zero-order valence-electron chi connectivity index (χ0n) is 16.9. The van der Waals surface area contributed by atoms with Crippen LogP contribution in [-0.2, 0) is 9.47 Å². The topological polar surface area (TPSA) is 88.6 Å². The SMILES string of the molecule is CCOC(=O)NC1CCC(Nc2cnc3ccc(N4CCOCC4)cc3n2)CC1. The number of benzene rings is 1. The van der Waals surface area contributed by atoms with Crippen molar-refractivity contribution in [3.63, 3.8) is 0 Å². The van der Waals surface area contributed by atoms with Crippen molar-refractivity contribution < 1.29 is 14.3 Å². The van der Waals surface area contributed by atoms with Crippen LogP contribution in [0.5, 0.6) is 0 Å². The quantitative estimate of drug-likeness (QED) is 0.799. The predicted octanol–water partition coefficient (Wildman–Crippen LogP) is 2.94. The van der Waals surface area contributed by atoms with E-state index in [1.807, 2.05) is 13.0 Å². The highest BCUT2D eigenvalue weighted by Gasteiger charge is 2.23. The summed E-state index contributed by atoms with van der Waals surface area (Å²) in [5.41, 5.74) is 2.96. The summed E-state index contributed by atoms with van der Waals surface area (Å²) in [5.74, 6) is 0.804. The average Bonchev–Trinajstić information content (AvgIpc) is 2.75. The van der Waals surface area contributed by atoms with Crippen molar-refractivity contribution in [2.45, 2.75) is 44.7 Å². The van der Waals surface area contributed by atoms with Gasteiger partial charge in [0, 0.05) is 30.9 Å². The molecule has 0 radical (unpaired) electrons. The van der Waals surface area contributed by atoms with E-state index in [0.717, 1.165) is 74.5 Å². The zero-order chi connectivity index (χ0) is 20.1. The van der Waals surface area contributed by atoms with Gasteiger partial charge in [0.25, 0.3) is 0 Å². The van der Waals surface area contributed by atoms with Crippen molar-refractivity contribution in [1.29, 1.82) is 0 Å². The lowest BCUT2D eigenvalue weighted by Crippen LogP contribution is -2.40. The molecule has 8 heteroatoms. The maximum atomic E-state index is 11.6. The third kappa shape index (κ3) is 5.06. The number of morpholine rings is 1. The number of rotatable bonds is 5. The largest absolute Gasteiger partial charge is 0.450 e. The van der Waals surface area contributed by atoms with Crippen molar-refractivity contribution in [2.75, 3.05) is 43.1 Å². The fourth-order valence-electron chi connectivity index (χ4n) is 4.02. The summed E-state index contributed by atoms with van der Waals surface area (Å²) in [6.07, 6.45) is 5.30. The zero-order valence-corrected chi connectivity index (χ0v) is 16.9. The average molecular weight is 399 g/mol. The van der Waals surface area contributed by atoms with Crippen LogP contribution < -0.4 is 15.5 Å². The first-order chi connectivity index (χ1) is 14.2. The van der Waals surface area contributed by atoms with Crippen LogP contribution in [-0.4, -0.2) is 61.1 Å². The number of carbonyl (C=O) groups excluding carboxylic acids is 1. The van der Waals surface area contributed by atoms with Crippen molar-refractivity contribution in [1.82, 2.24) is 15.3 Å². The summed E-state index contributed by atoms with van der Waals surface area (Å²) in [5, 5.41) is 6.46.